The minimum absolute atomic E-state index is 0.0551. The molecule has 6 nitrogen and oxygen atoms in total. The number of phenolic OH excluding ortho intramolecular Hbond substituents is 1. The van der Waals surface area contributed by atoms with E-state index in [4.69, 9.17) is 32.7 Å². The number of aromatic hydroxyl groups is 1. The molecule has 0 atom stereocenters. The lowest BCUT2D eigenvalue weighted by atomic mass is 10.1. The van der Waals surface area contributed by atoms with Gasteiger partial charge in [-0.1, -0.05) is 23.2 Å². The number of carbonyl (C=O) groups is 1. The Morgan fingerprint density at radius 1 is 1.22 bits per heavy atom. The van der Waals surface area contributed by atoms with Crippen molar-refractivity contribution in [3.8, 4) is 17.2 Å². The summed E-state index contributed by atoms with van der Waals surface area (Å²) in [6, 6.07) is 9.74. The lowest BCUT2D eigenvalue weighted by Crippen LogP contribution is -2.19. The molecular formula is C19H20Cl2N2O4. The summed E-state index contributed by atoms with van der Waals surface area (Å²) in [6.45, 7) is 2.01. The monoisotopic (exact) mass is 410 g/mol. The zero-order valence-corrected chi connectivity index (χ0v) is 16.5. The van der Waals surface area contributed by atoms with Gasteiger partial charge in [-0.05, 0) is 49.7 Å². The molecule has 27 heavy (non-hydrogen) atoms. The van der Waals surface area contributed by atoms with Crippen molar-refractivity contribution in [3.05, 3.63) is 52.0 Å². The minimum Gasteiger partial charge on any atom is -0.507 e. The third-order valence-electron chi connectivity index (χ3n) is 3.64. The summed E-state index contributed by atoms with van der Waals surface area (Å²) in [4.78, 5) is 11.9. The third-order valence-corrected chi connectivity index (χ3v) is 4.17. The van der Waals surface area contributed by atoms with E-state index in [0.717, 1.165) is 0 Å². The molecule has 0 aliphatic heterocycles. The second kappa shape index (κ2) is 10.0. The number of nitrogens with one attached hydrogen (secondary N) is 1. The Balaban J connectivity index is 1.81. The van der Waals surface area contributed by atoms with Crippen molar-refractivity contribution >= 4 is 34.8 Å². The topological polar surface area (TPSA) is 80.2 Å². The molecule has 0 saturated heterocycles. The van der Waals surface area contributed by atoms with Gasteiger partial charge in [-0.15, -0.1) is 0 Å². The van der Waals surface area contributed by atoms with Crippen molar-refractivity contribution in [2.75, 3.05) is 13.7 Å². The molecule has 0 radical (unpaired) electrons. The predicted molar refractivity (Wildman–Crippen MR) is 106 cm³/mol. The number of ether oxygens (including phenoxy) is 2. The van der Waals surface area contributed by atoms with Crippen LogP contribution in [-0.2, 0) is 4.79 Å². The van der Waals surface area contributed by atoms with Gasteiger partial charge in [0.1, 0.15) is 17.2 Å². The van der Waals surface area contributed by atoms with Crippen LogP contribution in [0.3, 0.4) is 0 Å². The number of hydrogen-bond acceptors (Lipinski definition) is 5. The number of methoxy groups -OCH3 is 1. The van der Waals surface area contributed by atoms with Gasteiger partial charge in [0.25, 0.3) is 0 Å². The largest absolute Gasteiger partial charge is 0.507 e. The maximum absolute atomic E-state index is 11.9. The smallest absolute Gasteiger partial charge is 0.240 e. The summed E-state index contributed by atoms with van der Waals surface area (Å²) >= 11 is 11.8. The molecule has 2 aromatic carbocycles. The van der Waals surface area contributed by atoms with Crippen LogP contribution in [0, 0.1) is 0 Å². The average molecular weight is 411 g/mol. The molecule has 0 fully saturated rings. The summed E-state index contributed by atoms with van der Waals surface area (Å²) < 4.78 is 10.6. The minimum atomic E-state index is -0.262. The van der Waals surface area contributed by atoms with Gasteiger partial charge in [-0.3, -0.25) is 4.79 Å². The van der Waals surface area contributed by atoms with Crippen molar-refractivity contribution < 1.29 is 19.4 Å². The molecule has 0 spiro atoms. The molecular weight excluding hydrogens is 391 g/mol. The van der Waals surface area contributed by atoms with Crippen LogP contribution in [0.1, 0.15) is 25.3 Å². The van der Waals surface area contributed by atoms with Gasteiger partial charge >= 0.3 is 0 Å². The number of carbonyl (C=O) groups excluding carboxylic acids is 1. The maximum Gasteiger partial charge on any atom is 0.240 e. The SMILES string of the molecule is COc1ccc(O)c(/C(C)=N/NC(=O)CCCOc2ccc(Cl)cc2Cl)c1. The van der Waals surface area contributed by atoms with Crippen LogP contribution in [-0.4, -0.2) is 30.4 Å². The van der Waals surface area contributed by atoms with Gasteiger partial charge < -0.3 is 14.6 Å². The maximum atomic E-state index is 11.9. The fraction of sp³-hybridized carbons (Fsp3) is 0.263. The molecule has 0 aliphatic carbocycles. The van der Waals surface area contributed by atoms with Gasteiger partial charge in [0, 0.05) is 17.0 Å². The van der Waals surface area contributed by atoms with Crippen LogP contribution in [0.5, 0.6) is 17.2 Å². The van der Waals surface area contributed by atoms with E-state index in [-0.39, 0.29) is 18.1 Å². The molecule has 144 valence electrons. The summed E-state index contributed by atoms with van der Waals surface area (Å²) in [5.41, 5.74) is 3.40. The predicted octanol–water partition coefficient (Wildman–Crippen LogP) is 4.41. The summed E-state index contributed by atoms with van der Waals surface area (Å²) in [7, 11) is 1.53. The Morgan fingerprint density at radius 3 is 2.70 bits per heavy atom. The molecule has 8 heteroatoms. The van der Waals surface area contributed by atoms with Crippen LogP contribution < -0.4 is 14.9 Å². The highest BCUT2D eigenvalue weighted by atomic mass is 35.5. The van der Waals surface area contributed by atoms with Gasteiger partial charge in [0.15, 0.2) is 0 Å². The quantitative estimate of drug-likeness (QED) is 0.383. The van der Waals surface area contributed by atoms with Crippen molar-refractivity contribution in [3.63, 3.8) is 0 Å². The number of halogens is 2. The molecule has 0 unspecified atom stereocenters. The Bertz CT molecular complexity index is 840. The number of amides is 1. The fourth-order valence-corrected chi connectivity index (χ4v) is 2.66. The second-order valence-electron chi connectivity index (χ2n) is 5.64. The first-order valence-electron chi connectivity index (χ1n) is 8.19. The van der Waals surface area contributed by atoms with E-state index in [1.165, 1.54) is 13.2 Å². The zero-order valence-electron chi connectivity index (χ0n) is 15.0. The van der Waals surface area contributed by atoms with Crippen LogP contribution >= 0.6 is 23.2 Å². The van der Waals surface area contributed by atoms with Crippen molar-refractivity contribution in [1.82, 2.24) is 5.43 Å². The Morgan fingerprint density at radius 2 is 2.00 bits per heavy atom. The van der Waals surface area contributed by atoms with E-state index < -0.39 is 0 Å². The Hall–Kier alpha value is -2.44. The average Bonchev–Trinajstić information content (AvgIpc) is 2.65. The van der Waals surface area contributed by atoms with E-state index in [2.05, 4.69) is 10.5 Å². The molecule has 1 amide bonds. The molecule has 0 aromatic heterocycles. The van der Waals surface area contributed by atoms with E-state index in [1.807, 2.05) is 0 Å². The number of rotatable bonds is 8. The van der Waals surface area contributed by atoms with Gasteiger partial charge in [0.05, 0.1) is 24.5 Å². The fourth-order valence-electron chi connectivity index (χ4n) is 2.20. The summed E-state index contributed by atoms with van der Waals surface area (Å²) in [5.74, 6) is 0.896. The number of hydrazone groups is 1. The van der Waals surface area contributed by atoms with Crippen molar-refractivity contribution in [2.45, 2.75) is 19.8 Å². The second-order valence-corrected chi connectivity index (χ2v) is 6.49. The first kappa shape index (κ1) is 20.9. The van der Waals surface area contributed by atoms with Gasteiger partial charge in [-0.2, -0.15) is 5.10 Å². The lowest BCUT2D eigenvalue weighted by molar-refractivity contribution is -0.121. The normalized spacial score (nSPS) is 11.2. The molecule has 0 aliphatic rings. The molecule has 2 N–H and O–H groups in total. The molecule has 0 saturated carbocycles. The highest BCUT2D eigenvalue weighted by molar-refractivity contribution is 6.35. The van der Waals surface area contributed by atoms with Crippen LogP contribution in [0.2, 0.25) is 10.0 Å². The van der Waals surface area contributed by atoms with Gasteiger partial charge in [-0.25, -0.2) is 5.43 Å². The zero-order chi connectivity index (χ0) is 19.8. The van der Waals surface area contributed by atoms with E-state index in [9.17, 15) is 9.90 Å². The molecule has 2 aromatic rings. The number of benzene rings is 2. The Kier molecular flexibility index (Phi) is 7.76. The Labute approximate surface area is 167 Å². The molecule has 0 bridgehead atoms. The summed E-state index contributed by atoms with van der Waals surface area (Å²) in [6.07, 6.45) is 0.718. The highest BCUT2D eigenvalue weighted by Gasteiger charge is 2.08. The van der Waals surface area contributed by atoms with Gasteiger partial charge in [0.2, 0.25) is 5.91 Å². The highest BCUT2D eigenvalue weighted by Crippen LogP contribution is 2.27. The van der Waals surface area contributed by atoms with Crippen LogP contribution in [0.4, 0.5) is 0 Å². The van der Waals surface area contributed by atoms with Crippen LogP contribution in [0.25, 0.3) is 0 Å². The van der Waals surface area contributed by atoms with Crippen molar-refractivity contribution in [1.29, 1.82) is 0 Å². The van der Waals surface area contributed by atoms with E-state index >= 15 is 0 Å². The number of nitrogens with zero attached hydrogens (tertiary/aromatic N) is 1. The first-order valence-corrected chi connectivity index (χ1v) is 8.94. The molecule has 2 rings (SSSR count). The number of phenols is 1. The van der Waals surface area contributed by atoms with Crippen molar-refractivity contribution in [2.24, 2.45) is 5.10 Å². The van der Waals surface area contributed by atoms with Crippen LogP contribution in [0.15, 0.2) is 41.5 Å². The lowest BCUT2D eigenvalue weighted by Gasteiger charge is -2.08. The van der Waals surface area contributed by atoms with E-state index in [1.54, 1.807) is 37.3 Å². The summed E-state index contributed by atoms with van der Waals surface area (Å²) in [5, 5.41) is 14.9. The molecule has 0 heterocycles. The standard InChI is InChI=1S/C19H20Cl2N2O4/c1-12(15-11-14(26-2)6-7-17(15)24)22-23-19(25)4-3-9-27-18-8-5-13(20)10-16(18)21/h5-8,10-11,24H,3-4,9H2,1-2H3,(H,23,25)/b22-12+. The van der Waals surface area contributed by atoms with E-state index in [0.29, 0.717) is 45.8 Å². The third kappa shape index (κ3) is 6.34. The number of hydrogen-bond donors (Lipinski definition) is 2. The first-order chi connectivity index (χ1) is 12.9.